The van der Waals surface area contributed by atoms with E-state index < -0.39 is 11.9 Å². The zero-order chi connectivity index (χ0) is 19.5. The van der Waals surface area contributed by atoms with Crippen molar-refractivity contribution in [2.45, 2.75) is 12.8 Å². The van der Waals surface area contributed by atoms with Crippen molar-refractivity contribution in [3.8, 4) is 17.2 Å². The smallest absolute Gasteiger partial charge is 0.306 e. The fraction of sp³-hybridized carbons (Fsp3) is 0.300. The number of benzene rings is 2. The van der Waals surface area contributed by atoms with E-state index in [9.17, 15) is 9.59 Å². The Labute approximate surface area is 158 Å². The number of carbonyl (C=O) groups excluding carboxylic acids is 2. The summed E-state index contributed by atoms with van der Waals surface area (Å²) in [6, 6.07) is 14.0. The van der Waals surface area contributed by atoms with Gasteiger partial charge in [-0.1, -0.05) is 0 Å². The largest absolute Gasteiger partial charge is 0.497 e. The van der Waals surface area contributed by atoms with Crippen LogP contribution in [0.3, 0.4) is 0 Å². The third kappa shape index (κ3) is 7.27. The first-order valence-corrected chi connectivity index (χ1v) is 8.47. The molecule has 7 nitrogen and oxygen atoms in total. The summed E-state index contributed by atoms with van der Waals surface area (Å²) in [5.74, 6) is 1.29. The number of hydrogen-bond donors (Lipinski definition) is 1. The number of esters is 1. The van der Waals surface area contributed by atoms with Crippen molar-refractivity contribution in [1.29, 1.82) is 0 Å². The molecule has 2 rings (SSSR count). The van der Waals surface area contributed by atoms with Gasteiger partial charge in [-0.3, -0.25) is 9.59 Å². The highest BCUT2D eigenvalue weighted by Gasteiger charge is 2.08. The van der Waals surface area contributed by atoms with Crippen molar-refractivity contribution in [2.24, 2.45) is 0 Å². The molecule has 0 saturated carbocycles. The molecule has 7 heteroatoms. The van der Waals surface area contributed by atoms with Crippen LogP contribution >= 0.6 is 0 Å². The molecule has 0 aliphatic heterocycles. The third-order valence-corrected chi connectivity index (χ3v) is 3.59. The number of amides is 1. The number of anilines is 1. The Morgan fingerprint density at radius 2 is 1.41 bits per heavy atom. The fourth-order valence-electron chi connectivity index (χ4n) is 2.17. The first-order valence-electron chi connectivity index (χ1n) is 8.47. The predicted molar refractivity (Wildman–Crippen MR) is 100 cm³/mol. The molecular weight excluding hydrogens is 350 g/mol. The zero-order valence-corrected chi connectivity index (χ0v) is 15.4. The quantitative estimate of drug-likeness (QED) is 0.509. The topological polar surface area (TPSA) is 83.1 Å². The fourth-order valence-corrected chi connectivity index (χ4v) is 2.17. The lowest BCUT2D eigenvalue weighted by atomic mass is 10.3. The van der Waals surface area contributed by atoms with Gasteiger partial charge in [0.15, 0.2) is 6.61 Å². The van der Waals surface area contributed by atoms with Crippen LogP contribution in [0, 0.1) is 0 Å². The number of nitrogens with one attached hydrogen (secondary N) is 1. The highest BCUT2D eigenvalue weighted by atomic mass is 16.5. The monoisotopic (exact) mass is 373 g/mol. The summed E-state index contributed by atoms with van der Waals surface area (Å²) in [6.45, 7) is 0.0453. The standard InChI is InChI=1S/C20H23NO6/c1-24-16-7-5-15(6-8-16)21-19(22)14-27-20(23)4-3-13-26-18-11-9-17(25-2)10-12-18/h5-12H,3-4,13-14H2,1-2H3,(H,21,22). The lowest BCUT2D eigenvalue weighted by Crippen LogP contribution is -2.21. The molecule has 0 saturated heterocycles. The SMILES string of the molecule is COc1ccc(NC(=O)COC(=O)CCCOc2ccc(OC)cc2)cc1. The van der Waals surface area contributed by atoms with Gasteiger partial charge in [-0.25, -0.2) is 0 Å². The molecule has 0 fully saturated rings. The van der Waals surface area contributed by atoms with Crippen LogP contribution in [0.2, 0.25) is 0 Å². The molecule has 144 valence electrons. The van der Waals surface area contributed by atoms with Crippen LogP contribution in [0.25, 0.3) is 0 Å². The molecule has 1 N–H and O–H groups in total. The Hall–Kier alpha value is -3.22. The lowest BCUT2D eigenvalue weighted by molar-refractivity contribution is -0.147. The molecule has 0 aliphatic rings. The molecule has 0 atom stereocenters. The predicted octanol–water partition coefficient (Wildman–Crippen LogP) is 3.04. The normalized spacial score (nSPS) is 10.0. The molecule has 0 bridgehead atoms. The third-order valence-electron chi connectivity index (χ3n) is 3.59. The van der Waals surface area contributed by atoms with E-state index in [0.717, 1.165) is 5.75 Å². The molecule has 0 radical (unpaired) electrons. The summed E-state index contributed by atoms with van der Waals surface area (Å²) in [6.07, 6.45) is 0.664. The van der Waals surface area contributed by atoms with Crippen LogP contribution in [0.1, 0.15) is 12.8 Å². The molecular formula is C20H23NO6. The Bertz CT molecular complexity index is 727. The van der Waals surface area contributed by atoms with Gasteiger partial charge in [-0.05, 0) is 55.0 Å². The van der Waals surface area contributed by atoms with Crippen molar-refractivity contribution in [2.75, 3.05) is 32.8 Å². The van der Waals surface area contributed by atoms with Gasteiger partial charge in [0.1, 0.15) is 17.2 Å². The van der Waals surface area contributed by atoms with Gasteiger partial charge in [0.2, 0.25) is 0 Å². The van der Waals surface area contributed by atoms with E-state index in [1.165, 1.54) is 0 Å². The molecule has 0 aliphatic carbocycles. The van der Waals surface area contributed by atoms with Crippen LogP contribution in [0.4, 0.5) is 5.69 Å². The number of carbonyl (C=O) groups is 2. The van der Waals surface area contributed by atoms with E-state index in [2.05, 4.69) is 5.32 Å². The van der Waals surface area contributed by atoms with Crippen LogP contribution < -0.4 is 19.5 Å². The lowest BCUT2D eigenvalue weighted by Gasteiger charge is -2.08. The second-order valence-corrected chi connectivity index (χ2v) is 5.56. The number of methoxy groups -OCH3 is 2. The van der Waals surface area contributed by atoms with Gasteiger partial charge in [0, 0.05) is 12.1 Å². The van der Waals surface area contributed by atoms with Crippen LogP contribution in [0.5, 0.6) is 17.2 Å². The van der Waals surface area contributed by atoms with Gasteiger partial charge < -0.3 is 24.3 Å². The summed E-state index contributed by atoms with van der Waals surface area (Å²) >= 11 is 0. The first kappa shape index (κ1) is 20.1. The molecule has 0 heterocycles. The average Bonchev–Trinajstić information content (AvgIpc) is 2.70. The highest BCUT2D eigenvalue weighted by molar-refractivity contribution is 5.92. The number of ether oxygens (including phenoxy) is 4. The molecule has 2 aromatic carbocycles. The summed E-state index contributed by atoms with van der Waals surface area (Å²) in [5, 5.41) is 2.64. The van der Waals surface area contributed by atoms with Crippen molar-refractivity contribution in [1.82, 2.24) is 0 Å². The van der Waals surface area contributed by atoms with E-state index >= 15 is 0 Å². The number of rotatable bonds is 10. The van der Waals surface area contributed by atoms with E-state index in [4.69, 9.17) is 18.9 Å². The summed E-state index contributed by atoms with van der Waals surface area (Å²) in [4.78, 5) is 23.5. The van der Waals surface area contributed by atoms with E-state index in [-0.39, 0.29) is 13.0 Å². The maximum absolute atomic E-state index is 11.8. The molecule has 0 spiro atoms. The van der Waals surface area contributed by atoms with Crippen LogP contribution in [0.15, 0.2) is 48.5 Å². The molecule has 0 aromatic heterocycles. The Morgan fingerprint density at radius 3 is 2.00 bits per heavy atom. The van der Waals surface area contributed by atoms with Gasteiger partial charge in [0.05, 0.1) is 20.8 Å². The second kappa shape index (κ2) is 10.7. The molecule has 1 amide bonds. The second-order valence-electron chi connectivity index (χ2n) is 5.56. The van der Waals surface area contributed by atoms with Gasteiger partial charge in [-0.15, -0.1) is 0 Å². The summed E-state index contributed by atoms with van der Waals surface area (Å²) in [7, 11) is 3.16. The summed E-state index contributed by atoms with van der Waals surface area (Å²) < 4.78 is 20.6. The van der Waals surface area contributed by atoms with Crippen molar-refractivity contribution < 1.29 is 28.5 Å². The van der Waals surface area contributed by atoms with E-state index in [1.807, 2.05) is 0 Å². The minimum Gasteiger partial charge on any atom is -0.497 e. The Kier molecular flexibility index (Phi) is 7.96. The summed E-state index contributed by atoms with van der Waals surface area (Å²) in [5.41, 5.74) is 0.602. The Balaban J connectivity index is 1.59. The van der Waals surface area contributed by atoms with Crippen molar-refractivity contribution in [3.05, 3.63) is 48.5 Å². The van der Waals surface area contributed by atoms with E-state index in [0.29, 0.717) is 30.2 Å². The maximum atomic E-state index is 11.8. The van der Waals surface area contributed by atoms with Crippen molar-refractivity contribution >= 4 is 17.6 Å². The molecule has 2 aromatic rings. The highest BCUT2D eigenvalue weighted by Crippen LogP contribution is 2.17. The van der Waals surface area contributed by atoms with Gasteiger partial charge >= 0.3 is 5.97 Å². The minimum atomic E-state index is -0.446. The Morgan fingerprint density at radius 1 is 0.852 bits per heavy atom. The maximum Gasteiger partial charge on any atom is 0.306 e. The van der Waals surface area contributed by atoms with Gasteiger partial charge in [0.25, 0.3) is 5.91 Å². The molecule has 27 heavy (non-hydrogen) atoms. The van der Waals surface area contributed by atoms with Crippen molar-refractivity contribution in [3.63, 3.8) is 0 Å². The average molecular weight is 373 g/mol. The zero-order valence-electron chi connectivity index (χ0n) is 15.4. The minimum absolute atomic E-state index is 0.173. The van der Waals surface area contributed by atoms with Gasteiger partial charge in [-0.2, -0.15) is 0 Å². The first-order chi connectivity index (χ1) is 13.1. The van der Waals surface area contributed by atoms with Crippen LogP contribution in [-0.4, -0.2) is 39.3 Å². The number of hydrogen-bond acceptors (Lipinski definition) is 6. The molecule has 0 unspecified atom stereocenters. The van der Waals surface area contributed by atoms with Crippen LogP contribution in [-0.2, 0) is 14.3 Å². The van der Waals surface area contributed by atoms with E-state index in [1.54, 1.807) is 62.8 Å².